The number of nitrogens with zero attached hydrogens (tertiary/aromatic N) is 1. The molecule has 0 aliphatic carbocycles. The monoisotopic (exact) mass is 309 g/mol. The molecule has 1 aromatic rings. The van der Waals surface area contributed by atoms with Gasteiger partial charge in [-0.25, -0.2) is 0 Å². The van der Waals surface area contributed by atoms with E-state index < -0.39 is 6.10 Å². The van der Waals surface area contributed by atoms with E-state index in [9.17, 15) is 4.79 Å². The fourth-order valence-electron chi connectivity index (χ4n) is 2.88. The number of ether oxygens (including phenoxy) is 1. The molecule has 0 aromatic heterocycles. The van der Waals surface area contributed by atoms with Crippen molar-refractivity contribution in [1.29, 1.82) is 0 Å². The van der Waals surface area contributed by atoms with Crippen LogP contribution in [-0.2, 0) is 4.79 Å². The molecule has 0 radical (unpaired) electrons. The third kappa shape index (κ3) is 3.91. The molecular weight excluding hydrogens is 286 g/mol. The molecule has 1 fully saturated rings. The molecule has 0 spiro atoms. The molecule has 116 valence electrons. The lowest BCUT2D eigenvalue weighted by molar-refractivity contribution is -0.139. The van der Waals surface area contributed by atoms with Crippen LogP contribution in [-0.4, -0.2) is 30.0 Å². The van der Waals surface area contributed by atoms with E-state index in [4.69, 9.17) is 16.3 Å². The van der Waals surface area contributed by atoms with Gasteiger partial charge in [0.15, 0.2) is 6.10 Å². The average Bonchev–Trinajstić information content (AvgIpc) is 2.43. The predicted octanol–water partition coefficient (Wildman–Crippen LogP) is 3.98. The van der Waals surface area contributed by atoms with Gasteiger partial charge in [0.2, 0.25) is 0 Å². The zero-order valence-corrected chi connectivity index (χ0v) is 14.0. The summed E-state index contributed by atoms with van der Waals surface area (Å²) in [6.45, 7) is 9.58. The Kier molecular flexibility index (Phi) is 5.15. The smallest absolute Gasteiger partial charge is 0.263 e. The Hall–Kier alpha value is -1.22. The van der Waals surface area contributed by atoms with E-state index in [2.05, 4.69) is 6.92 Å². The van der Waals surface area contributed by atoms with Crippen molar-refractivity contribution in [2.75, 3.05) is 13.1 Å². The minimum atomic E-state index is -0.463. The van der Waals surface area contributed by atoms with Crippen LogP contribution in [0.1, 0.15) is 37.8 Å². The van der Waals surface area contributed by atoms with Crippen LogP contribution < -0.4 is 4.74 Å². The highest BCUT2D eigenvalue weighted by Crippen LogP contribution is 2.27. The van der Waals surface area contributed by atoms with Gasteiger partial charge in [-0.2, -0.15) is 0 Å². The van der Waals surface area contributed by atoms with Crippen molar-refractivity contribution in [3.05, 3.63) is 28.3 Å². The number of rotatable bonds is 3. The van der Waals surface area contributed by atoms with Crippen LogP contribution in [0.4, 0.5) is 0 Å². The van der Waals surface area contributed by atoms with E-state index in [0.717, 1.165) is 35.7 Å². The summed E-state index contributed by atoms with van der Waals surface area (Å²) >= 11 is 6.16. The second kappa shape index (κ2) is 6.69. The van der Waals surface area contributed by atoms with Gasteiger partial charge in [0.25, 0.3) is 5.91 Å². The number of amides is 1. The Bertz CT molecular complexity index is 507. The summed E-state index contributed by atoms with van der Waals surface area (Å²) in [6, 6.07) is 3.77. The Morgan fingerprint density at radius 1 is 1.38 bits per heavy atom. The highest BCUT2D eigenvalue weighted by Gasteiger charge is 2.26. The molecule has 2 atom stereocenters. The Labute approximate surface area is 132 Å². The van der Waals surface area contributed by atoms with Gasteiger partial charge >= 0.3 is 0 Å². The van der Waals surface area contributed by atoms with Crippen LogP contribution in [0.25, 0.3) is 0 Å². The molecule has 1 aromatic carbocycles. The Balaban J connectivity index is 2.03. The van der Waals surface area contributed by atoms with Crippen LogP contribution in [0.5, 0.6) is 5.75 Å². The van der Waals surface area contributed by atoms with E-state index in [-0.39, 0.29) is 5.91 Å². The van der Waals surface area contributed by atoms with Crippen molar-refractivity contribution in [2.24, 2.45) is 5.92 Å². The number of carbonyl (C=O) groups excluding carboxylic acids is 1. The van der Waals surface area contributed by atoms with Gasteiger partial charge in [0, 0.05) is 18.1 Å². The number of aryl methyl sites for hydroxylation is 2. The number of piperidine rings is 1. The maximum atomic E-state index is 12.5. The highest BCUT2D eigenvalue weighted by molar-refractivity contribution is 6.32. The van der Waals surface area contributed by atoms with Crippen LogP contribution >= 0.6 is 11.6 Å². The zero-order valence-electron chi connectivity index (χ0n) is 13.3. The Morgan fingerprint density at radius 3 is 2.57 bits per heavy atom. The molecule has 3 nitrogen and oxygen atoms in total. The van der Waals surface area contributed by atoms with E-state index in [0.29, 0.717) is 11.7 Å². The molecule has 1 aliphatic rings. The molecular formula is C17H24ClNO2. The fraction of sp³-hybridized carbons (Fsp3) is 0.588. The van der Waals surface area contributed by atoms with Crippen molar-refractivity contribution in [3.63, 3.8) is 0 Å². The van der Waals surface area contributed by atoms with Crippen LogP contribution in [0, 0.1) is 19.8 Å². The number of hydrogen-bond donors (Lipinski definition) is 0. The molecule has 0 bridgehead atoms. The van der Waals surface area contributed by atoms with Crippen LogP contribution in [0.15, 0.2) is 12.1 Å². The van der Waals surface area contributed by atoms with E-state index in [1.807, 2.05) is 37.8 Å². The van der Waals surface area contributed by atoms with E-state index >= 15 is 0 Å². The first kappa shape index (κ1) is 16.2. The molecule has 2 rings (SSSR count). The summed E-state index contributed by atoms with van der Waals surface area (Å²) in [4.78, 5) is 14.4. The summed E-state index contributed by atoms with van der Waals surface area (Å²) in [7, 11) is 0. The van der Waals surface area contributed by atoms with Gasteiger partial charge in [-0.05, 0) is 62.8 Å². The SMILES string of the molecule is Cc1cc(OC(C)C(=O)N2CCCC(C)C2)cc(C)c1Cl. The van der Waals surface area contributed by atoms with E-state index in [1.165, 1.54) is 6.42 Å². The highest BCUT2D eigenvalue weighted by atomic mass is 35.5. The standard InChI is InChI=1S/C17H24ClNO2/c1-11-6-5-7-19(10-11)17(20)14(4)21-15-8-12(2)16(18)13(3)9-15/h8-9,11,14H,5-7,10H2,1-4H3. The predicted molar refractivity (Wildman–Crippen MR) is 86.0 cm³/mol. The lowest BCUT2D eigenvalue weighted by Gasteiger charge is -2.32. The molecule has 0 N–H and O–H groups in total. The molecule has 1 amide bonds. The number of carbonyl (C=O) groups is 1. The van der Waals surface area contributed by atoms with E-state index in [1.54, 1.807) is 0 Å². The summed E-state index contributed by atoms with van der Waals surface area (Å²) in [5.41, 5.74) is 1.94. The maximum absolute atomic E-state index is 12.5. The zero-order chi connectivity index (χ0) is 15.6. The van der Waals surface area contributed by atoms with Gasteiger partial charge in [0.1, 0.15) is 5.75 Å². The largest absolute Gasteiger partial charge is 0.481 e. The third-order valence-corrected chi connectivity index (χ3v) is 4.64. The van der Waals surface area contributed by atoms with Crippen LogP contribution in [0.3, 0.4) is 0 Å². The van der Waals surface area contributed by atoms with Gasteiger partial charge in [-0.15, -0.1) is 0 Å². The molecule has 21 heavy (non-hydrogen) atoms. The molecule has 1 heterocycles. The Morgan fingerprint density at radius 2 is 2.00 bits per heavy atom. The van der Waals surface area contributed by atoms with Gasteiger partial charge in [-0.3, -0.25) is 4.79 Å². The minimum Gasteiger partial charge on any atom is -0.481 e. The third-order valence-electron chi connectivity index (χ3n) is 4.04. The van der Waals surface area contributed by atoms with Crippen molar-refractivity contribution in [1.82, 2.24) is 4.90 Å². The minimum absolute atomic E-state index is 0.0757. The van der Waals surface area contributed by atoms with Crippen LogP contribution in [0.2, 0.25) is 5.02 Å². The summed E-state index contributed by atoms with van der Waals surface area (Å²) in [5, 5.41) is 0.756. The first-order valence-corrected chi connectivity index (χ1v) is 7.98. The fourth-order valence-corrected chi connectivity index (χ4v) is 2.98. The summed E-state index contributed by atoms with van der Waals surface area (Å²) in [5.74, 6) is 1.36. The normalized spacial score (nSPS) is 20.2. The first-order valence-electron chi connectivity index (χ1n) is 7.60. The molecule has 2 unspecified atom stereocenters. The number of likely N-dealkylation sites (tertiary alicyclic amines) is 1. The number of hydrogen-bond acceptors (Lipinski definition) is 2. The summed E-state index contributed by atoms with van der Waals surface area (Å²) in [6.07, 6.45) is 1.82. The van der Waals surface area contributed by atoms with Gasteiger partial charge in [-0.1, -0.05) is 18.5 Å². The van der Waals surface area contributed by atoms with Crippen molar-refractivity contribution in [3.8, 4) is 5.75 Å². The average molecular weight is 310 g/mol. The topological polar surface area (TPSA) is 29.5 Å². The van der Waals surface area contributed by atoms with Crippen molar-refractivity contribution >= 4 is 17.5 Å². The lowest BCUT2D eigenvalue weighted by atomic mass is 10.00. The second-order valence-electron chi connectivity index (χ2n) is 6.16. The quantitative estimate of drug-likeness (QED) is 0.845. The van der Waals surface area contributed by atoms with Crippen molar-refractivity contribution in [2.45, 2.75) is 46.6 Å². The van der Waals surface area contributed by atoms with Gasteiger partial charge in [0.05, 0.1) is 0 Å². The molecule has 1 saturated heterocycles. The van der Waals surface area contributed by atoms with Gasteiger partial charge < -0.3 is 9.64 Å². The summed E-state index contributed by atoms with van der Waals surface area (Å²) < 4.78 is 5.83. The maximum Gasteiger partial charge on any atom is 0.263 e. The number of halogens is 1. The lowest BCUT2D eigenvalue weighted by Crippen LogP contribution is -2.45. The second-order valence-corrected chi connectivity index (χ2v) is 6.54. The first-order chi connectivity index (χ1) is 9.88. The molecule has 4 heteroatoms. The number of benzene rings is 1. The molecule has 0 saturated carbocycles. The van der Waals surface area contributed by atoms with Crippen molar-refractivity contribution < 1.29 is 9.53 Å². The molecule has 1 aliphatic heterocycles.